The first-order valence-electron chi connectivity index (χ1n) is 7.17. The van der Waals surface area contributed by atoms with Gasteiger partial charge in [-0.3, -0.25) is 5.32 Å². The molecule has 1 N–H and O–H groups in total. The largest absolute Gasteiger partial charge is 0.300 e. The number of rotatable bonds is 9. The molecule has 0 fully saturated rings. The van der Waals surface area contributed by atoms with Gasteiger partial charge in [-0.05, 0) is 51.6 Å². The Morgan fingerprint density at radius 2 is 2.05 bits per heavy atom. The fraction of sp³-hybridized carbons (Fsp3) is 0.667. The summed E-state index contributed by atoms with van der Waals surface area (Å²) in [5, 5.41) is 13.4. The van der Waals surface area contributed by atoms with Gasteiger partial charge in [0.2, 0.25) is 0 Å². The van der Waals surface area contributed by atoms with Crippen LogP contribution in [0.2, 0.25) is 0 Å². The Kier molecular flexibility index (Phi) is 7.56. The summed E-state index contributed by atoms with van der Waals surface area (Å²) in [5.41, 5.74) is 0.697. The molecular formula is C15H24N4S. The summed E-state index contributed by atoms with van der Waals surface area (Å²) in [7, 11) is 0. The number of hydrogen-bond acceptors (Lipinski definition) is 5. The topological polar surface area (TPSA) is 61.6 Å². The zero-order valence-corrected chi connectivity index (χ0v) is 13.5. The fourth-order valence-electron chi connectivity index (χ4n) is 1.78. The predicted octanol–water partition coefficient (Wildman–Crippen LogP) is 3.33. The van der Waals surface area contributed by atoms with Crippen molar-refractivity contribution in [2.75, 3.05) is 12.3 Å². The Labute approximate surface area is 126 Å². The van der Waals surface area contributed by atoms with Crippen LogP contribution in [0.15, 0.2) is 17.6 Å². The Morgan fingerprint density at radius 3 is 2.65 bits per heavy atom. The summed E-state index contributed by atoms with van der Waals surface area (Å²) >= 11 is 1.68. The maximum absolute atomic E-state index is 9.23. The van der Waals surface area contributed by atoms with Crippen molar-refractivity contribution in [3.63, 3.8) is 0 Å². The molecule has 1 atom stereocenters. The van der Waals surface area contributed by atoms with E-state index in [9.17, 15) is 5.26 Å². The van der Waals surface area contributed by atoms with E-state index in [2.05, 4.69) is 28.3 Å². The van der Waals surface area contributed by atoms with Crippen LogP contribution in [0.3, 0.4) is 0 Å². The molecule has 0 aliphatic carbocycles. The van der Waals surface area contributed by atoms with Crippen molar-refractivity contribution >= 4 is 11.8 Å². The number of thioether (sulfide) groups is 1. The molecule has 0 radical (unpaired) electrons. The van der Waals surface area contributed by atoms with Crippen LogP contribution < -0.4 is 5.32 Å². The van der Waals surface area contributed by atoms with E-state index in [0.717, 1.165) is 48.7 Å². The summed E-state index contributed by atoms with van der Waals surface area (Å²) in [6, 6.07) is 2.39. The Bertz CT molecular complexity index is 426. The lowest BCUT2D eigenvalue weighted by Gasteiger charge is -2.22. The molecule has 1 unspecified atom stereocenters. The molecule has 0 bridgehead atoms. The lowest BCUT2D eigenvalue weighted by atomic mass is 9.96. The molecule has 110 valence electrons. The maximum Gasteiger partial charge on any atom is 0.187 e. The van der Waals surface area contributed by atoms with Gasteiger partial charge in [0, 0.05) is 18.1 Å². The SMILES string of the molecule is CCCNC(C)(C#N)CCCCSc1ncc(C)cn1. The van der Waals surface area contributed by atoms with Crippen LogP contribution in [0.1, 0.15) is 45.1 Å². The molecule has 0 aliphatic rings. The third kappa shape index (κ3) is 6.36. The number of nitrogens with one attached hydrogen (secondary N) is 1. The Balaban J connectivity index is 2.21. The molecule has 0 saturated carbocycles. The van der Waals surface area contributed by atoms with Crippen LogP contribution in [-0.2, 0) is 0 Å². The van der Waals surface area contributed by atoms with Crippen LogP contribution in [0.4, 0.5) is 0 Å². The Morgan fingerprint density at radius 1 is 1.35 bits per heavy atom. The highest BCUT2D eigenvalue weighted by molar-refractivity contribution is 7.99. The van der Waals surface area contributed by atoms with Gasteiger partial charge in [-0.25, -0.2) is 9.97 Å². The van der Waals surface area contributed by atoms with Crippen LogP contribution in [-0.4, -0.2) is 27.8 Å². The monoisotopic (exact) mass is 292 g/mol. The normalized spacial score (nSPS) is 13.7. The minimum absolute atomic E-state index is 0.388. The molecule has 20 heavy (non-hydrogen) atoms. The van der Waals surface area contributed by atoms with Gasteiger partial charge < -0.3 is 0 Å². The summed E-state index contributed by atoms with van der Waals surface area (Å²) in [5.74, 6) is 0.998. The van der Waals surface area contributed by atoms with Gasteiger partial charge in [0.05, 0.1) is 6.07 Å². The van der Waals surface area contributed by atoms with Gasteiger partial charge in [-0.1, -0.05) is 18.7 Å². The summed E-state index contributed by atoms with van der Waals surface area (Å²) in [6.45, 7) is 6.98. The summed E-state index contributed by atoms with van der Waals surface area (Å²) in [6.07, 6.45) is 7.75. The van der Waals surface area contributed by atoms with Crippen molar-refractivity contribution in [3.8, 4) is 6.07 Å². The van der Waals surface area contributed by atoms with Gasteiger partial charge in [0.25, 0.3) is 0 Å². The number of unbranched alkanes of at least 4 members (excludes halogenated alkanes) is 1. The molecule has 0 aliphatic heterocycles. The first kappa shape index (κ1) is 16.9. The van der Waals surface area contributed by atoms with E-state index in [-0.39, 0.29) is 5.54 Å². The van der Waals surface area contributed by atoms with Crippen molar-refractivity contribution in [1.82, 2.24) is 15.3 Å². The van der Waals surface area contributed by atoms with Gasteiger partial charge in [-0.2, -0.15) is 5.26 Å². The molecule has 1 aromatic heterocycles. The molecule has 5 heteroatoms. The summed E-state index contributed by atoms with van der Waals surface area (Å²) < 4.78 is 0. The predicted molar refractivity (Wildman–Crippen MR) is 83.7 cm³/mol. The zero-order chi connectivity index (χ0) is 14.8. The third-order valence-electron chi connectivity index (χ3n) is 3.07. The standard InChI is InChI=1S/C15H24N4S/c1-4-8-19-15(3,12-16)7-5-6-9-20-14-17-10-13(2)11-18-14/h10-11,19H,4-9H2,1-3H3. The number of nitriles is 1. The fourth-order valence-corrected chi connectivity index (χ4v) is 2.57. The van der Waals surface area contributed by atoms with Crippen molar-refractivity contribution in [2.45, 2.75) is 57.1 Å². The van der Waals surface area contributed by atoms with Gasteiger partial charge in [0.15, 0.2) is 5.16 Å². The highest BCUT2D eigenvalue weighted by Crippen LogP contribution is 2.18. The lowest BCUT2D eigenvalue weighted by molar-refractivity contribution is 0.406. The minimum atomic E-state index is -0.388. The molecule has 1 aromatic rings. The van der Waals surface area contributed by atoms with E-state index in [0.29, 0.717) is 0 Å². The molecule has 1 heterocycles. The zero-order valence-electron chi connectivity index (χ0n) is 12.6. The average molecular weight is 292 g/mol. The van der Waals surface area contributed by atoms with Crippen molar-refractivity contribution in [2.24, 2.45) is 0 Å². The van der Waals surface area contributed by atoms with E-state index >= 15 is 0 Å². The number of nitrogens with zero attached hydrogens (tertiary/aromatic N) is 3. The van der Waals surface area contributed by atoms with Crippen LogP contribution in [0, 0.1) is 18.3 Å². The average Bonchev–Trinajstić information content (AvgIpc) is 2.47. The first-order chi connectivity index (χ1) is 9.59. The van der Waals surface area contributed by atoms with E-state index in [1.807, 2.05) is 26.2 Å². The van der Waals surface area contributed by atoms with Gasteiger partial charge in [0.1, 0.15) is 5.54 Å². The van der Waals surface area contributed by atoms with Crippen molar-refractivity contribution in [1.29, 1.82) is 5.26 Å². The smallest absolute Gasteiger partial charge is 0.187 e. The summed E-state index contributed by atoms with van der Waals surface area (Å²) in [4.78, 5) is 8.54. The molecule has 1 rings (SSSR count). The second-order valence-corrected chi connectivity index (χ2v) is 6.28. The lowest BCUT2D eigenvalue weighted by Crippen LogP contribution is -2.41. The molecule has 0 spiro atoms. The van der Waals surface area contributed by atoms with E-state index < -0.39 is 0 Å². The molecule has 0 aromatic carbocycles. The number of aromatic nitrogens is 2. The van der Waals surface area contributed by atoms with Gasteiger partial charge >= 0.3 is 0 Å². The molecule has 4 nitrogen and oxygen atoms in total. The number of hydrogen-bond donors (Lipinski definition) is 1. The quantitative estimate of drug-likeness (QED) is 0.430. The van der Waals surface area contributed by atoms with E-state index in [4.69, 9.17) is 0 Å². The van der Waals surface area contributed by atoms with Crippen LogP contribution in [0.25, 0.3) is 0 Å². The van der Waals surface area contributed by atoms with Crippen molar-refractivity contribution < 1.29 is 0 Å². The maximum atomic E-state index is 9.23. The minimum Gasteiger partial charge on any atom is -0.300 e. The molecule has 0 amide bonds. The van der Waals surface area contributed by atoms with E-state index in [1.54, 1.807) is 11.8 Å². The van der Waals surface area contributed by atoms with Crippen molar-refractivity contribution in [3.05, 3.63) is 18.0 Å². The number of aryl methyl sites for hydroxylation is 1. The molecule has 0 saturated heterocycles. The van der Waals surface area contributed by atoms with E-state index in [1.165, 1.54) is 0 Å². The Hall–Kier alpha value is -1.12. The molecular weight excluding hydrogens is 268 g/mol. The second kappa shape index (κ2) is 8.93. The second-order valence-electron chi connectivity index (χ2n) is 5.22. The highest BCUT2D eigenvalue weighted by atomic mass is 32.2. The van der Waals surface area contributed by atoms with Gasteiger partial charge in [-0.15, -0.1) is 0 Å². The third-order valence-corrected chi connectivity index (χ3v) is 4.03. The van der Waals surface area contributed by atoms with Crippen LogP contribution in [0.5, 0.6) is 0 Å². The highest BCUT2D eigenvalue weighted by Gasteiger charge is 2.21. The first-order valence-corrected chi connectivity index (χ1v) is 8.16. The van der Waals surface area contributed by atoms with Crippen LogP contribution >= 0.6 is 11.8 Å².